The third-order valence-corrected chi connectivity index (χ3v) is 5.84. The summed E-state index contributed by atoms with van der Waals surface area (Å²) in [6.07, 6.45) is 3.27. The molecule has 1 aliphatic heterocycles. The number of hydrogen-bond acceptors (Lipinski definition) is 3. The van der Waals surface area contributed by atoms with Crippen LogP contribution in [0.1, 0.15) is 30.9 Å². The zero-order valence-electron chi connectivity index (χ0n) is 16.9. The van der Waals surface area contributed by atoms with E-state index in [1.165, 1.54) is 27.3 Å². The van der Waals surface area contributed by atoms with Crippen LogP contribution in [0, 0.1) is 0 Å². The first-order valence-corrected chi connectivity index (χ1v) is 10.6. The Labute approximate surface area is 171 Å². The van der Waals surface area contributed by atoms with Crippen molar-refractivity contribution in [2.45, 2.75) is 32.7 Å². The van der Waals surface area contributed by atoms with Crippen LogP contribution >= 0.6 is 0 Å². The summed E-state index contributed by atoms with van der Waals surface area (Å²) in [6, 6.07) is 21.4. The van der Waals surface area contributed by atoms with E-state index in [9.17, 15) is 0 Å². The zero-order valence-corrected chi connectivity index (χ0v) is 16.9. The van der Waals surface area contributed by atoms with E-state index in [0.717, 1.165) is 61.5 Å². The lowest BCUT2D eigenvalue weighted by molar-refractivity contribution is 0.309. The second-order valence-electron chi connectivity index (χ2n) is 7.75. The number of fused-ring (bicyclic) bond motifs is 5. The van der Waals surface area contributed by atoms with Gasteiger partial charge >= 0.3 is 0 Å². The highest BCUT2D eigenvalue weighted by molar-refractivity contribution is 6.09. The fraction of sp³-hybridized carbons (Fsp3) is 0.269. The predicted octanol–water partition coefficient (Wildman–Crippen LogP) is 5.88. The molecule has 5 rings (SSSR count). The van der Waals surface area contributed by atoms with Crippen LogP contribution < -0.4 is 10.1 Å². The Kier molecular flexibility index (Phi) is 4.91. The average Bonchev–Trinajstić information content (AvgIpc) is 2.79. The molecular formula is C26H26N2O. The van der Waals surface area contributed by atoms with Crippen LogP contribution in [0.5, 0.6) is 5.75 Å². The fourth-order valence-corrected chi connectivity index (χ4v) is 4.33. The molecule has 0 aliphatic carbocycles. The third kappa shape index (κ3) is 3.36. The van der Waals surface area contributed by atoms with Gasteiger partial charge in [-0.25, -0.2) is 4.98 Å². The highest BCUT2D eigenvalue weighted by atomic mass is 16.5. The number of pyridine rings is 1. The van der Waals surface area contributed by atoms with Crippen LogP contribution in [-0.4, -0.2) is 18.1 Å². The summed E-state index contributed by atoms with van der Waals surface area (Å²) in [5.74, 6) is 0.931. The number of rotatable bonds is 5. The summed E-state index contributed by atoms with van der Waals surface area (Å²) in [5, 5.41) is 7.46. The predicted molar refractivity (Wildman–Crippen MR) is 120 cm³/mol. The van der Waals surface area contributed by atoms with Crippen molar-refractivity contribution in [2.24, 2.45) is 0 Å². The summed E-state index contributed by atoms with van der Waals surface area (Å²) < 4.78 is 5.84. The lowest BCUT2D eigenvalue weighted by atomic mass is 9.90. The van der Waals surface area contributed by atoms with Gasteiger partial charge in [-0.1, -0.05) is 43.7 Å². The van der Waals surface area contributed by atoms with Crippen molar-refractivity contribution in [3.63, 3.8) is 0 Å². The number of nitrogens with one attached hydrogen (secondary N) is 1. The Morgan fingerprint density at radius 2 is 1.83 bits per heavy atom. The van der Waals surface area contributed by atoms with Crippen LogP contribution in [0.25, 0.3) is 32.9 Å². The SMILES string of the molecule is CCCCOc1ccc(-c2nc3ccc4ccccc4c3c3c2CNCC3)cc1. The van der Waals surface area contributed by atoms with E-state index in [0.29, 0.717) is 0 Å². The molecule has 0 saturated carbocycles. The van der Waals surface area contributed by atoms with Gasteiger partial charge in [-0.3, -0.25) is 0 Å². The molecule has 4 aromatic rings. The Bertz CT molecular complexity index is 1160. The van der Waals surface area contributed by atoms with Gasteiger partial charge in [0.05, 0.1) is 17.8 Å². The van der Waals surface area contributed by atoms with Gasteiger partial charge in [-0.2, -0.15) is 0 Å². The van der Waals surface area contributed by atoms with E-state index in [1.54, 1.807) is 0 Å². The monoisotopic (exact) mass is 382 g/mol. The van der Waals surface area contributed by atoms with Crippen molar-refractivity contribution in [3.8, 4) is 17.0 Å². The normalized spacial score (nSPS) is 13.6. The largest absolute Gasteiger partial charge is 0.494 e. The van der Waals surface area contributed by atoms with Crippen LogP contribution in [-0.2, 0) is 13.0 Å². The van der Waals surface area contributed by atoms with Gasteiger partial charge in [0.25, 0.3) is 0 Å². The van der Waals surface area contributed by atoms with E-state index in [1.807, 2.05) is 0 Å². The molecule has 0 radical (unpaired) electrons. The highest BCUT2D eigenvalue weighted by Gasteiger charge is 2.20. The molecule has 146 valence electrons. The van der Waals surface area contributed by atoms with Gasteiger partial charge in [0, 0.05) is 17.5 Å². The molecular weight excluding hydrogens is 356 g/mol. The molecule has 29 heavy (non-hydrogen) atoms. The van der Waals surface area contributed by atoms with Crippen molar-refractivity contribution in [2.75, 3.05) is 13.2 Å². The van der Waals surface area contributed by atoms with Crippen LogP contribution in [0.4, 0.5) is 0 Å². The molecule has 3 heteroatoms. The number of unbranched alkanes of at least 4 members (excludes halogenated alkanes) is 1. The maximum absolute atomic E-state index is 5.84. The minimum atomic E-state index is 0.774. The zero-order chi connectivity index (χ0) is 19.6. The van der Waals surface area contributed by atoms with E-state index in [-0.39, 0.29) is 0 Å². The minimum Gasteiger partial charge on any atom is -0.494 e. The summed E-state index contributed by atoms with van der Waals surface area (Å²) in [5.41, 5.74) is 6.11. The van der Waals surface area contributed by atoms with E-state index in [2.05, 4.69) is 72.9 Å². The molecule has 0 atom stereocenters. The summed E-state index contributed by atoms with van der Waals surface area (Å²) in [4.78, 5) is 5.13. The number of benzene rings is 3. The molecule has 0 spiro atoms. The van der Waals surface area contributed by atoms with Gasteiger partial charge in [0.2, 0.25) is 0 Å². The molecule has 3 nitrogen and oxygen atoms in total. The quantitative estimate of drug-likeness (QED) is 0.346. The van der Waals surface area contributed by atoms with E-state index >= 15 is 0 Å². The molecule has 1 aliphatic rings. The van der Waals surface area contributed by atoms with E-state index in [4.69, 9.17) is 9.72 Å². The maximum Gasteiger partial charge on any atom is 0.119 e. The lowest BCUT2D eigenvalue weighted by Crippen LogP contribution is -2.25. The van der Waals surface area contributed by atoms with Crippen molar-refractivity contribution >= 4 is 21.7 Å². The summed E-state index contributed by atoms with van der Waals surface area (Å²) in [7, 11) is 0. The van der Waals surface area contributed by atoms with Gasteiger partial charge in [-0.05, 0) is 71.6 Å². The number of hydrogen-bond donors (Lipinski definition) is 1. The number of ether oxygens (including phenoxy) is 1. The van der Waals surface area contributed by atoms with Crippen molar-refractivity contribution < 1.29 is 4.74 Å². The van der Waals surface area contributed by atoms with Crippen LogP contribution in [0.15, 0.2) is 60.7 Å². The lowest BCUT2D eigenvalue weighted by Gasteiger charge is -2.23. The van der Waals surface area contributed by atoms with Gasteiger partial charge in [-0.15, -0.1) is 0 Å². The Balaban J connectivity index is 1.64. The third-order valence-electron chi connectivity index (χ3n) is 5.84. The maximum atomic E-state index is 5.84. The Morgan fingerprint density at radius 3 is 2.69 bits per heavy atom. The van der Waals surface area contributed by atoms with Gasteiger partial charge < -0.3 is 10.1 Å². The topological polar surface area (TPSA) is 34.1 Å². The van der Waals surface area contributed by atoms with Crippen LogP contribution in [0.3, 0.4) is 0 Å². The second kappa shape index (κ2) is 7.84. The minimum absolute atomic E-state index is 0.774. The fourth-order valence-electron chi connectivity index (χ4n) is 4.33. The molecule has 0 saturated heterocycles. The van der Waals surface area contributed by atoms with Crippen LogP contribution in [0.2, 0.25) is 0 Å². The van der Waals surface area contributed by atoms with Crippen molar-refractivity contribution in [1.29, 1.82) is 0 Å². The first kappa shape index (κ1) is 18.1. The first-order chi connectivity index (χ1) is 14.3. The Hall–Kier alpha value is -2.91. The van der Waals surface area contributed by atoms with Crippen molar-refractivity contribution in [1.82, 2.24) is 10.3 Å². The Morgan fingerprint density at radius 1 is 0.966 bits per heavy atom. The molecule has 1 aromatic heterocycles. The molecule has 0 bridgehead atoms. The molecule has 0 fully saturated rings. The molecule has 3 aromatic carbocycles. The van der Waals surface area contributed by atoms with Crippen molar-refractivity contribution in [3.05, 3.63) is 71.8 Å². The summed E-state index contributed by atoms with van der Waals surface area (Å²) in [6.45, 7) is 4.83. The van der Waals surface area contributed by atoms with Gasteiger partial charge in [0.1, 0.15) is 5.75 Å². The van der Waals surface area contributed by atoms with Gasteiger partial charge in [0.15, 0.2) is 0 Å². The summed E-state index contributed by atoms with van der Waals surface area (Å²) >= 11 is 0. The average molecular weight is 383 g/mol. The molecule has 0 amide bonds. The second-order valence-corrected chi connectivity index (χ2v) is 7.75. The first-order valence-electron chi connectivity index (χ1n) is 10.6. The molecule has 1 N–H and O–H groups in total. The standard InChI is InChI=1S/C26H26N2O/c1-2-3-16-29-20-11-8-19(9-12-20)26-23-17-27-15-14-22(23)25-21-7-5-4-6-18(21)10-13-24(25)28-26/h4-13,27H,2-3,14-17H2,1H3. The number of nitrogens with zero attached hydrogens (tertiary/aromatic N) is 1. The molecule has 0 unspecified atom stereocenters. The highest BCUT2D eigenvalue weighted by Crippen LogP contribution is 2.36. The molecule has 2 heterocycles. The van der Waals surface area contributed by atoms with E-state index < -0.39 is 0 Å². The number of aromatic nitrogens is 1. The smallest absolute Gasteiger partial charge is 0.119 e.